The number of anilines is 1. The van der Waals surface area contributed by atoms with E-state index in [0.29, 0.717) is 0 Å². The van der Waals surface area contributed by atoms with E-state index >= 15 is 0 Å². The molecule has 0 saturated carbocycles. The molecule has 0 atom stereocenters. The topological polar surface area (TPSA) is 58.0 Å². The van der Waals surface area contributed by atoms with E-state index in [1.807, 2.05) is 0 Å². The highest BCUT2D eigenvalue weighted by molar-refractivity contribution is 7.99. The van der Waals surface area contributed by atoms with Crippen molar-refractivity contribution in [2.24, 2.45) is 0 Å². The predicted octanol–water partition coefficient (Wildman–Crippen LogP) is 3.03. The zero-order valence-electron chi connectivity index (χ0n) is 12.2. The summed E-state index contributed by atoms with van der Waals surface area (Å²) < 4.78 is 0. The summed E-state index contributed by atoms with van der Waals surface area (Å²) in [5.41, 5.74) is 1.12. The molecular weight excluding hydrogens is 258 g/mol. The smallest absolute Gasteiger partial charge is 0.133 e. The van der Waals surface area contributed by atoms with E-state index < -0.39 is 0 Å². The third-order valence-corrected chi connectivity index (χ3v) is 3.87. The number of aryl methyl sites for hydroxylation is 1. The molecule has 0 aliphatic heterocycles. The van der Waals surface area contributed by atoms with Crippen LogP contribution in [0.4, 0.5) is 5.82 Å². The summed E-state index contributed by atoms with van der Waals surface area (Å²) >= 11 is 1.71. The molecular formula is C14H25N3OS. The van der Waals surface area contributed by atoms with Gasteiger partial charge in [-0.05, 0) is 26.2 Å². The van der Waals surface area contributed by atoms with Crippen LogP contribution in [0.15, 0.2) is 5.03 Å². The largest absolute Gasteiger partial charge is 0.396 e. The number of rotatable bonds is 9. The van der Waals surface area contributed by atoms with Crippen molar-refractivity contribution in [3.63, 3.8) is 0 Å². The number of aliphatic hydroxyl groups excluding tert-OH is 1. The van der Waals surface area contributed by atoms with Crippen molar-refractivity contribution in [2.45, 2.75) is 51.5 Å². The molecule has 5 heteroatoms. The van der Waals surface area contributed by atoms with Gasteiger partial charge in [0.05, 0.1) is 0 Å². The first kappa shape index (κ1) is 16.2. The Kier molecular flexibility index (Phi) is 7.82. The number of nitrogens with one attached hydrogen (secondary N) is 1. The lowest BCUT2D eigenvalue weighted by atomic mass is 10.3. The van der Waals surface area contributed by atoms with Gasteiger partial charge in [-0.2, -0.15) is 0 Å². The molecule has 0 amide bonds. The van der Waals surface area contributed by atoms with Crippen LogP contribution >= 0.6 is 11.8 Å². The highest BCUT2D eigenvalue weighted by atomic mass is 32.2. The molecule has 0 aliphatic rings. The van der Waals surface area contributed by atoms with Crippen molar-refractivity contribution in [1.29, 1.82) is 0 Å². The van der Waals surface area contributed by atoms with Crippen molar-refractivity contribution in [2.75, 3.05) is 24.2 Å². The van der Waals surface area contributed by atoms with Gasteiger partial charge in [0.25, 0.3) is 0 Å². The SMILES string of the molecule is CCCNc1nc(CCC)nc(SCCCO)c1C. The zero-order chi connectivity index (χ0) is 14.1. The molecule has 0 fully saturated rings. The van der Waals surface area contributed by atoms with Crippen molar-refractivity contribution in [3.05, 3.63) is 11.4 Å². The Labute approximate surface area is 120 Å². The van der Waals surface area contributed by atoms with E-state index in [2.05, 4.69) is 36.1 Å². The van der Waals surface area contributed by atoms with Crippen LogP contribution in [0.25, 0.3) is 0 Å². The normalized spacial score (nSPS) is 10.7. The van der Waals surface area contributed by atoms with E-state index in [0.717, 1.165) is 60.2 Å². The van der Waals surface area contributed by atoms with Gasteiger partial charge >= 0.3 is 0 Å². The lowest BCUT2D eigenvalue weighted by Crippen LogP contribution is -2.09. The minimum Gasteiger partial charge on any atom is -0.396 e. The van der Waals surface area contributed by atoms with Crippen LogP contribution in [0.5, 0.6) is 0 Å². The summed E-state index contributed by atoms with van der Waals surface area (Å²) in [5.74, 6) is 2.78. The van der Waals surface area contributed by atoms with Gasteiger partial charge in [0, 0.05) is 30.9 Å². The predicted molar refractivity (Wildman–Crippen MR) is 82.0 cm³/mol. The van der Waals surface area contributed by atoms with Crippen LogP contribution in [-0.4, -0.2) is 34.0 Å². The van der Waals surface area contributed by atoms with Crippen LogP contribution in [0.1, 0.15) is 44.5 Å². The summed E-state index contributed by atoms with van der Waals surface area (Å²) in [6.07, 6.45) is 3.85. The molecule has 1 aromatic heterocycles. The van der Waals surface area contributed by atoms with E-state index in [4.69, 9.17) is 5.11 Å². The van der Waals surface area contributed by atoms with Crippen molar-refractivity contribution >= 4 is 17.6 Å². The Balaban J connectivity index is 2.88. The first-order chi connectivity index (χ1) is 9.22. The third-order valence-electron chi connectivity index (χ3n) is 2.70. The lowest BCUT2D eigenvalue weighted by molar-refractivity contribution is 0.296. The van der Waals surface area contributed by atoms with Gasteiger partial charge in [0.2, 0.25) is 0 Å². The van der Waals surface area contributed by atoms with E-state index in [1.54, 1.807) is 11.8 Å². The van der Waals surface area contributed by atoms with Crippen molar-refractivity contribution < 1.29 is 5.11 Å². The highest BCUT2D eigenvalue weighted by Crippen LogP contribution is 2.25. The minimum atomic E-state index is 0.236. The Morgan fingerprint density at radius 2 is 2.00 bits per heavy atom. The second-order valence-electron chi connectivity index (χ2n) is 4.52. The van der Waals surface area contributed by atoms with Crippen molar-refractivity contribution in [3.8, 4) is 0 Å². The van der Waals surface area contributed by atoms with Crippen LogP contribution < -0.4 is 5.32 Å². The minimum absolute atomic E-state index is 0.236. The molecule has 1 rings (SSSR count). The Morgan fingerprint density at radius 3 is 2.63 bits per heavy atom. The quantitative estimate of drug-likeness (QED) is 0.414. The Morgan fingerprint density at radius 1 is 1.21 bits per heavy atom. The van der Waals surface area contributed by atoms with Gasteiger partial charge in [-0.1, -0.05) is 13.8 Å². The van der Waals surface area contributed by atoms with Gasteiger partial charge < -0.3 is 10.4 Å². The molecule has 2 N–H and O–H groups in total. The Hall–Kier alpha value is -0.810. The fourth-order valence-corrected chi connectivity index (χ4v) is 2.62. The number of aromatic nitrogens is 2. The van der Waals surface area contributed by atoms with E-state index in [1.165, 1.54) is 0 Å². The molecule has 0 spiro atoms. The molecule has 0 radical (unpaired) electrons. The van der Waals surface area contributed by atoms with Crippen LogP contribution in [0.3, 0.4) is 0 Å². The fourth-order valence-electron chi connectivity index (χ4n) is 1.67. The highest BCUT2D eigenvalue weighted by Gasteiger charge is 2.10. The molecule has 19 heavy (non-hydrogen) atoms. The Bertz CT molecular complexity index is 385. The number of nitrogens with zero attached hydrogens (tertiary/aromatic N) is 2. The zero-order valence-corrected chi connectivity index (χ0v) is 13.0. The van der Waals surface area contributed by atoms with E-state index in [9.17, 15) is 0 Å². The van der Waals surface area contributed by atoms with Crippen molar-refractivity contribution in [1.82, 2.24) is 9.97 Å². The second kappa shape index (κ2) is 9.15. The van der Waals surface area contributed by atoms with Crippen LogP contribution in [0, 0.1) is 6.92 Å². The molecule has 0 bridgehead atoms. The molecule has 0 saturated heterocycles. The standard InChI is InChI=1S/C14H25N3OS/c1-4-7-12-16-13(15-8-5-2)11(3)14(17-12)19-10-6-9-18/h18H,4-10H2,1-3H3,(H,15,16,17). The lowest BCUT2D eigenvalue weighted by Gasteiger charge is -2.13. The maximum Gasteiger partial charge on any atom is 0.133 e. The van der Waals surface area contributed by atoms with Gasteiger partial charge in [0.1, 0.15) is 16.7 Å². The first-order valence-corrected chi connectivity index (χ1v) is 8.06. The molecule has 0 aromatic carbocycles. The van der Waals surface area contributed by atoms with Gasteiger partial charge in [-0.3, -0.25) is 0 Å². The number of hydrogen-bond donors (Lipinski definition) is 2. The monoisotopic (exact) mass is 283 g/mol. The molecule has 4 nitrogen and oxygen atoms in total. The molecule has 1 aromatic rings. The maximum absolute atomic E-state index is 8.86. The summed E-state index contributed by atoms with van der Waals surface area (Å²) in [6.45, 7) is 7.52. The number of aliphatic hydroxyl groups is 1. The van der Waals surface area contributed by atoms with Gasteiger partial charge in [0.15, 0.2) is 0 Å². The average molecular weight is 283 g/mol. The van der Waals surface area contributed by atoms with Gasteiger partial charge in [-0.15, -0.1) is 11.8 Å². The molecule has 0 aliphatic carbocycles. The molecule has 0 unspecified atom stereocenters. The molecule has 1 heterocycles. The first-order valence-electron chi connectivity index (χ1n) is 7.07. The average Bonchev–Trinajstić information content (AvgIpc) is 2.41. The molecule has 108 valence electrons. The third kappa shape index (κ3) is 5.37. The second-order valence-corrected chi connectivity index (χ2v) is 5.60. The van der Waals surface area contributed by atoms with E-state index in [-0.39, 0.29) is 6.61 Å². The summed E-state index contributed by atoms with van der Waals surface area (Å²) in [6, 6.07) is 0. The summed E-state index contributed by atoms with van der Waals surface area (Å²) in [4.78, 5) is 9.24. The fraction of sp³-hybridized carbons (Fsp3) is 0.714. The number of hydrogen-bond acceptors (Lipinski definition) is 5. The maximum atomic E-state index is 8.86. The number of thioether (sulfide) groups is 1. The van der Waals surface area contributed by atoms with Gasteiger partial charge in [-0.25, -0.2) is 9.97 Å². The van der Waals surface area contributed by atoms with Crippen LogP contribution in [0.2, 0.25) is 0 Å². The van der Waals surface area contributed by atoms with Crippen LogP contribution in [-0.2, 0) is 6.42 Å². The summed E-state index contributed by atoms with van der Waals surface area (Å²) in [7, 11) is 0. The summed E-state index contributed by atoms with van der Waals surface area (Å²) in [5, 5.41) is 13.3.